The summed E-state index contributed by atoms with van der Waals surface area (Å²) in [5.41, 5.74) is 5.18. The normalized spacial score (nSPS) is 12.9. The molecule has 3 N–H and O–H groups in total. The van der Waals surface area contributed by atoms with Crippen LogP contribution in [0.3, 0.4) is 0 Å². The Morgan fingerprint density at radius 2 is 2.07 bits per heavy atom. The fourth-order valence-corrected chi connectivity index (χ4v) is 1.26. The number of aliphatic hydroxyl groups is 1. The average Bonchev–Trinajstić information content (AvgIpc) is 2.18. The molecule has 0 saturated carbocycles. The number of hydrogen-bond donors (Lipinski definition) is 2. The average molecular weight is 222 g/mol. The van der Waals surface area contributed by atoms with Gasteiger partial charge in [0.05, 0.1) is 11.6 Å². The lowest BCUT2D eigenvalue weighted by Gasteiger charge is -2.10. The van der Waals surface area contributed by atoms with Crippen molar-refractivity contribution < 1.29 is 13.9 Å². The van der Waals surface area contributed by atoms with Crippen molar-refractivity contribution in [1.29, 1.82) is 0 Å². The predicted molar refractivity (Wildman–Crippen MR) is 50.1 cm³/mol. The lowest BCUT2D eigenvalue weighted by atomic mass is 10.1. The minimum absolute atomic E-state index is 0.0747. The van der Waals surface area contributed by atoms with Crippen LogP contribution >= 0.6 is 11.6 Å². The Kier molecular flexibility index (Phi) is 3.80. The van der Waals surface area contributed by atoms with Gasteiger partial charge < -0.3 is 10.8 Å². The van der Waals surface area contributed by atoms with E-state index in [4.69, 9.17) is 22.4 Å². The van der Waals surface area contributed by atoms with Crippen molar-refractivity contribution in [2.45, 2.75) is 12.5 Å². The molecule has 0 aliphatic rings. The van der Waals surface area contributed by atoms with E-state index in [0.29, 0.717) is 0 Å². The summed E-state index contributed by atoms with van der Waals surface area (Å²) in [6, 6.07) is 1.53. The molecule has 2 nitrogen and oxygen atoms in total. The second-order valence-corrected chi connectivity index (χ2v) is 3.38. The van der Waals surface area contributed by atoms with Gasteiger partial charge in [-0.15, -0.1) is 0 Å². The first-order valence-corrected chi connectivity index (χ1v) is 4.43. The summed E-state index contributed by atoms with van der Waals surface area (Å²) in [7, 11) is 0. The topological polar surface area (TPSA) is 46.2 Å². The summed E-state index contributed by atoms with van der Waals surface area (Å²) in [5, 5.41) is 8.50. The van der Waals surface area contributed by atoms with Gasteiger partial charge >= 0.3 is 0 Å². The van der Waals surface area contributed by atoms with Gasteiger partial charge in [-0.25, -0.2) is 8.78 Å². The van der Waals surface area contributed by atoms with Crippen LogP contribution in [0, 0.1) is 11.6 Å². The lowest BCUT2D eigenvalue weighted by molar-refractivity contribution is 0.263. The van der Waals surface area contributed by atoms with Gasteiger partial charge in [-0.2, -0.15) is 0 Å². The van der Waals surface area contributed by atoms with E-state index in [9.17, 15) is 8.78 Å². The maximum absolute atomic E-state index is 13.3. The highest BCUT2D eigenvalue weighted by Gasteiger charge is 2.15. The van der Waals surface area contributed by atoms with Crippen LogP contribution < -0.4 is 5.73 Å². The molecular weight excluding hydrogens is 212 g/mol. The van der Waals surface area contributed by atoms with E-state index in [1.807, 2.05) is 0 Å². The number of aliphatic hydroxyl groups excluding tert-OH is 1. The zero-order valence-electron chi connectivity index (χ0n) is 7.30. The summed E-state index contributed by atoms with van der Waals surface area (Å²) < 4.78 is 26.3. The molecule has 0 radical (unpaired) electrons. The molecule has 14 heavy (non-hydrogen) atoms. The van der Waals surface area contributed by atoms with Gasteiger partial charge in [0.2, 0.25) is 0 Å². The molecule has 0 aromatic heterocycles. The van der Waals surface area contributed by atoms with Crippen LogP contribution in [0.1, 0.15) is 5.56 Å². The van der Waals surface area contributed by atoms with Gasteiger partial charge in [0.25, 0.3) is 0 Å². The van der Waals surface area contributed by atoms with Crippen LogP contribution in [0.2, 0.25) is 5.02 Å². The molecule has 0 heterocycles. The quantitative estimate of drug-likeness (QED) is 0.760. The Morgan fingerprint density at radius 3 is 2.64 bits per heavy atom. The Labute approximate surface area is 85.3 Å². The first-order chi connectivity index (χ1) is 6.56. The summed E-state index contributed by atoms with van der Waals surface area (Å²) in [6.45, 7) is -0.328. The van der Waals surface area contributed by atoms with Crippen molar-refractivity contribution in [3.63, 3.8) is 0 Å². The number of halogens is 3. The third-order valence-electron chi connectivity index (χ3n) is 1.84. The number of rotatable bonds is 3. The van der Waals surface area contributed by atoms with Gasteiger partial charge in [0.1, 0.15) is 11.6 Å². The lowest BCUT2D eigenvalue weighted by Crippen LogP contribution is -2.27. The van der Waals surface area contributed by atoms with E-state index in [0.717, 1.165) is 12.1 Å². The van der Waals surface area contributed by atoms with Crippen molar-refractivity contribution in [3.8, 4) is 0 Å². The van der Waals surface area contributed by atoms with E-state index >= 15 is 0 Å². The van der Waals surface area contributed by atoms with E-state index in [1.165, 1.54) is 0 Å². The SMILES string of the molecule is NC(CO)Cc1c(F)ccc(Cl)c1F. The molecule has 1 atom stereocenters. The predicted octanol–water partition coefficient (Wildman–Crippen LogP) is 1.48. The largest absolute Gasteiger partial charge is 0.395 e. The molecule has 0 aliphatic heterocycles. The van der Waals surface area contributed by atoms with Gasteiger partial charge in [0.15, 0.2) is 0 Å². The van der Waals surface area contributed by atoms with Crippen molar-refractivity contribution in [1.82, 2.24) is 0 Å². The van der Waals surface area contributed by atoms with Crippen LogP contribution in [0.25, 0.3) is 0 Å². The fourth-order valence-electron chi connectivity index (χ4n) is 1.08. The van der Waals surface area contributed by atoms with Gasteiger partial charge in [-0.1, -0.05) is 11.6 Å². The van der Waals surface area contributed by atoms with Crippen molar-refractivity contribution in [2.24, 2.45) is 5.73 Å². The molecule has 5 heteroatoms. The molecule has 78 valence electrons. The molecule has 0 spiro atoms. The second kappa shape index (κ2) is 4.68. The molecule has 0 saturated heterocycles. The van der Waals surface area contributed by atoms with E-state index in [1.54, 1.807) is 0 Å². The third kappa shape index (κ3) is 2.41. The maximum atomic E-state index is 13.3. The highest BCUT2D eigenvalue weighted by atomic mass is 35.5. The summed E-state index contributed by atoms with van der Waals surface area (Å²) >= 11 is 5.47. The molecule has 0 fully saturated rings. The summed E-state index contributed by atoms with van der Waals surface area (Å²) in [5.74, 6) is -1.51. The van der Waals surface area contributed by atoms with Crippen LogP contribution in [-0.4, -0.2) is 17.8 Å². The smallest absolute Gasteiger partial charge is 0.147 e. The standard InChI is InChI=1S/C9H10ClF2NO/c10-7-1-2-8(11)6(9(7)12)3-5(13)4-14/h1-2,5,14H,3-4,13H2. The van der Waals surface area contributed by atoms with Gasteiger partial charge in [-0.3, -0.25) is 0 Å². The molecule has 0 amide bonds. The number of benzene rings is 1. The summed E-state index contributed by atoms with van der Waals surface area (Å²) in [6.07, 6.45) is -0.0747. The minimum atomic E-state index is -0.810. The minimum Gasteiger partial charge on any atom is -0.395 e. The van der Waals surface area contributed by atoms with Crippen LogP contribution in [-0.2, 0) is 6.42 Å². The van der Waals surface area contributed by atoms with Crippen molar-refractivity contribution >= 4 is 11.6 Å². The Balaban J connectivity index is 3.00. The molecule has 1 unspecified atom stereocenters. The number of nitrogens with two attached hydrogens (primary N) is 1. The van der Waals surface area contributed by atoms with Gasteiger partial charge in [0, 0.05) is 11.6 Å². The number of hydrogen-bond acceptors (Lipinski definition) is 2. The molecule has 1 rings (SSSR count). The fraction of sp³-hybridized carbons (Fsp3) is 0.333. The van der Waals surface area contributed by atoms with Crippen molar-refractivity contribution in [3.05, 3.63) is 34.4 Å². The Morgan fingerprint density at radius 1 is 1.43 bits per heavy atom. The van der Waals surface area contributed by atoms with E-state index < -0.39 is 17.7 Å². The van der Waals surface area contributed by atoms with E-state index in [2.05, 4.69) is 0 Å². The zero-order chi connectivity index (χ0) is 10.7. The molecule has 1 aromatic rings. The van der Waals surface area contributed by atoms with Gasteiger partial charge in [-0.05, 0) is 18.6 Å². The molecular formula is C9H10ClF2NO. The van der Waals surface area contributed by atoms with Crippen LogP contribution in [0.15, 0.2) is 12.1 Å². The van der Waals surface area contributed by atoms with Crippen LogP contribution in [0.4, 0.5) is 8.78 Å². The Hall–Kier alpha value is -0.710. The van der Waals surface area contributed by atoms with E-state index in [-0.39, 0.29) is 23.6 Å². The highest BCUT2D eigenvalue weighted by molar-refractivity contribution is 6.30. The monoisotopic (exact) mass is 221 g/mol. The zero-order valence-corrected chi connectivity index (χ0v) is 8.06. The first-order valence-electron chi connectivity index (χ1n) is 4.05. The molecule has 0 aliphatic carbocycles. The first kappa shape index (κ1) is 11.4. The highest BCUT2D eigenvalue weighted by Crippen LogP contribution is 2.21. The summed E-state index contributed by atoms with van der Waals surface area (Å²) in [4.78, 5) is 0. The third-order valence-corrected chi connectivity index (χ3v) is 2.13. The van der Waals surface area contributed by atoms with Crippen molar-refractivity contribution in [2.75, 3.05) is 6.61 Å². The van der Waals surface area contributed by atoms with Crippen LogP contribution in [0.5, 0.6) is 0 Å². The molecule has 0 bridgehead atoms. The molecule has 1 aromatic carbocycles. The second-order valence-electron chi connectivity index (χ2n) is 2.97. The maximum Gasteiger partial charge on any atom is 0.147 e. The Bertz CT molecular complexity index is 333.